The zero-order valence-corrected chi connectivity index (χ0v) is 13.7. The number of nitrogens with one attached hydrogen (secondary N) is 1. The summed E-state index contributed by atoms with van der Waals surface area (Å²) in [7, 11) is 0. The van der Waals surface area contributed by atoms with Gasteiger partial charge < -0.3 is 10.1 Å². The molecule has 4 nitrogen and oxygen atoms in total. The van der Waals surface area contributed by atoms with Gasteiger partial charge in [-0.25, -0.2) is 4.98 Å². The molecule has 5 heteroatoms. The summed E-state index contributed by atoms with van der Waals surface area (Å²) in [6, 6.07) is 7.21. The van der Waals surface area contributed by atoms with Crippen LogP contribution in [0.5, 0.6) is 5.75 Å². The minimum Gasteiger partial charge on any atom is -0.491 e. The zero-order valence-electron chi connectivity index (χ0n) is 12.8. The van der Waals surface area contributed by atoms with Gasteiger partial charge in [-0.2, -0.15) is 0 Å². The Morgan fingerprint density at radius 3 is 2.73 bits per heavy atom. The van der Waals surface area contributed by atoms with Crippen LogP contribution in [0.2, 0.25) is 0 Å². The molecule has 1 aromatic heterocycles. The third-order valence-electron chi connectivity index (χ3n) is 3.41. The van der Waals surface area contributed by atoms with Crippen molar-refractivity contribution in [2.45, 2.75) is 45.3 Å². The smallest absolute Gasteiger partial charge is 0.251 e. The van der Waals surface area contributed by atoms with E-state index < -0.39 is 0 Å². The van der Waals surface area contributed by atoms with Crippen molar-refractivity contribution in [3.63, 3.8) is 0 Å². The summed E-state index contributed by atoms with van der Waals surface area (Å²) >= 11 is 1.70. The lowest BCUT2D eigenvalue weighted by Crippen LogP contribution is -2.22. The van der Waals surface area contributed by atoms with Crippen LogP contribution in [-0.4, -0.2) is 17.0 Å². The van der Waals surface area contributed by atoms with Crippen molar-refractivity contribution in [2.75, 3.05) is 0 Å². The minimum atomic E-state index is -0.0860. The monoisotopic (exact) mass is 316 g/mol. The van der Waals surface area contributed by atoms with Crippen molar-refractivity contribution in [1.82, 2.24) is 10.3 Å². The lowest BCUT2D eigenvalue weighted by atomic mass is 10.2. The molecule has 1 fully saturated rings. The van der Waals surface area contributed by atoms with E-state index in [2.05, 4.69) is 10.3 Å². The molecule has 0 radical (unpaired) electrons. The van der Waals surface area contributed by atoms with E-state index in [4.69, 9.17) is 4.74 Å². The molecule has 116 valence electrons. The summed E-state index contributed by atoms with van der Waals surface area (Å²) in [6.07, 6.45) is 2.64. The van der Waals surface area contributed by atoms with Crippen LogP contribution in [0.25, 0.3) is 0 Å². The zero-order chi connectivity index (χ0) is 15.5. The summed E-state index contributed by atoms with van der Waals surface area (Å²) < 4.78 is 5.57. The molecule has 0 atom stereocenters. The molecule has 1 saturated carbocycles. The van der Waals surface area contributed by atoms with Crippen molar-refractivity contribution < 1.29 is 9.53 Å². The Hall–Kier alpha value is -1.88. The van der Waals surface area contributed by atoms with Gasteiger partial charge in [0.15, 0.2) is 0 Å². The van der Waals surface area contributed by atoms with Gasteiger partial charge in [-0.1, -0.05) is 0 Å². The van der Waals surface area contributed by atoms with Gasteiger partial charge in [-0.15, -0.1) is 11.3 Å². The number of hydrogen-bond donors (Lipinski definition) is 1. The number of amides is 1. The minimum absolute atomic E-state index is 0.0860. The lowest BCUT2D eigenvalue weighted by Gasteiger charge is -2.10. The molecular weight excluding hydrogens is 296 g/mol. The maximum Gasteiger partial charge on any atom is 0.251 e. The van der Waals surface area contributed by atoms with Crippen molar-refractivity contribution in [1.29, 1.82) is 0 Å². The lowest BCUT2D eigenvalue weighted by molar-refractivity contribution is 0.0950. The molecule has 0 unspecified atom stereocenters. The Bertz CT molecular complexity index is 645. The van der Waals surface area contributed by atoms with Gasteiger partial charge in [0.25, 0.3) is 5.91 Å². The number of benzene rings is 1. The Morgan fingerprint density at radius 1 is 1.36 bits per heavy atom. The quantitative estimate of drug-likeness (QED) is 0.883. The Labute approximate surface area is 134 Å². The third kappa shape index (κ3) is 3.85. The molecule has 1 N–H and O–H groups in total. The predicted molar refractivity (Wildman–Crippen MR) is 87.5 cm³/mol. The molecular formula is C17H20N2O2S. The van der Waals surface area contributed by atoms with E-state index >= 15 is 0 Å². The van der Waals surface area contributed by atoms with Crippen molar-refractivity contribution in [3.05, 3.63) is 45.9 Å². The fourth-order valence-electron chi connectivity index (χ4n) is 2.15. The molecule has 3 rings (SSSR count). The SMILES string of the molecule is CC(C)Oc1ccc(C(=O)NCc2csc(C3CC3)n2)cc1. The first-order valence-electron chi connectivity index (χ1n) is 7.61. The second-order valence-corrected chi connectivity index (χ2v) is 6.71. The number of aromatic nitrogens is 1. The number of carbonyl (C=O) groups is 1. The molecule has 2 aromatic rings. The van der Waals surface area contributed by atoms with Gasteiger partial charge in [-0.05, 0) is 51.0 Å². The molecule has 0 spiro atoms. The molecule has 1 aromatic carbocycles. The van der Waals surface area contributed by atoms with E-state index in [1.54, 1.807) is 23.5 Å². The van der Waals surface area contributed by atoms with E-state index in [-0.39, 0.29) is 12.0 Å². The Balaban J connectivity index is 1.54. The first-order valence-corrected chi connectivity index (χ1v) is 8.49. The number of carbonyl (C=O) groups excluding carboxylic acids is 1. The summed E-state index contributed by atoms with van der Waals surface area (Å²) in [5.74, 6) is 1.36. The molecule has 1 amide bonds. The van der Waals surface area contributed by atoms with Gasteiger partial charge >= 0.3 is 0 Å². The molecule has 0 aliphatic heterocycles. The van der Waals surface area contributed by atoms with Gasteiger partial charge in [0, 0.05) is 16.9 Å². The number of rotatable bonds is 6. The Kier molecular flexibility index (Phi) is 4.43. The van der Waals surface area contributed by atoms with Gasteiger partial charge in [-0.3, -0.25) is 4.79 Å². The number of hydrogen-bond acceptors (Lipinski definition) is 4. The number of nitrogens with zero attached hydrogens (tertiary/aromatic N) is 1. The van der Waals surface area contributed by atoms with E-state index in [9.17, 15) is 4.79 Å². The number of thiazole rings is 1. The standard InChI is InChI=1S/C17H20N2O2S/c1-11(2)21-15-7-5-12(6-8-15)16(20)18-9-14-10-22-17(19-14)13-3-4-13/h5-8,10-11,13H,3-4,9H2,1-2H3,(H,18,20). The fraction of sp³-hybridized carbons (Fsp3) is 0.412. The van der Waals surface area contributed by atoms with Crippen LogP contribution in [0.3, 0.4) is 0 Å². The van der Waals surface area contributed by atoms with E-state index in [1.807, 2.05) is 31.4 Å². The van der Waals surface area contributed by atoms with Gasteiger partial charge in [0.05, 0.1) is 23.4 Å². The Morgan fingerprint density at radius 2 is 2.09 bits per heavy atom. The van der Waals surface area contributed by atoms with Crippen molar-refractivity contribution in [3.8, 4) is 5.75 Å². The van der Waals surface area contributed by atoms with Crippen LogP contribution in [0, 0.1) is 0 Å². The maximum atomic E-state index is 12.1. The predicted octanol–water partition coefficient (Wildman–Crippen LogP) is 3.74. The first-order chi connectivity index (χ1) is 10.6. The first kappa shape index (κ1) is 15.0. The normalized spacial score (nSPS) is 14.1. The van der Waals surface area contributed by atoms with E-state index in [1.165, 1.54) is 17.8 Å². The average molecular weight is 316 g/mol. The summed E-state index contributed by atoms with van der Waals surface area (Å²) in [5.41, 5.74) is 1.58. The van der Waals surface area contributed by atoms with Crippen LogP contribution in [0.15, 0.2) is 29.6 Å². The molecule has 1 aliphatic rings. The maximum absolute atomic E-state index is 12.1. The van der Waals surface area contributed by atoms with E-state index in [0.717, 1.165) is 11.4 Å². The molecule has 0 bridgehead atoms. The van der Waals surface area contributed by atoms with Gasteiger partial charge in [0.2, 0.25) is 0 Å². The highest BCUT2D eigenvalue weighted by molar-refractivity contribution is 7.09. The summed E-state index contributed by atoms with van der Waals surface area (Å²) in [4.78, 5) is 16.7. The van der Waals surface area contributed by atoms with Crippen molar-refractivity contribution in [2.24, 2.45) is 0 Å². The van der Waals surface area contributed by atoms with Crippen LogP contribution in [0.1, 0.15) is 53.7 Å². The highest BCUT2D eigenvalue weighted by Crippen LogP contribution is 2.41. The largest absolute Gasteiger partial charge is 0.491 e. The van der Waals surface area contributed by atoms with Crippen LogP contribution in [0.4, 0.5) is 0 Å². The fourth-order valence-corrected chi connectivity index (χ4v) is 3.14. The topological polar surface area (TPSA) is 51.2 Å². The molecule has 1 aliphatic carbocycles. The highest BCUT2D eigenvalue weighted by atomic mass is 32.1. The van der Waals surface area contributed by atoms with Crippen molar-refractivity contribution >= 4 is 17.2 Å². The summed E-state index contributed by atoms with van der Waals surface area (Å²) in [6.45, 7) is 4.43. The number of ether oxygens (including phenoxy) is 1. The van der Waals surface area contributed by atoms with Crippen LogP contribution in [-0.2, 0) is 6.54 Å². The third-order valence-corrected chi connectivity index (χ3v) is 4.47. The van der Waals surface area contributed by atoms with Crippen LogP contribution < -0.4 is 10.1 Å². The van der Waals surface area contributed by atoms with Gasteiger partial charge in [0.1, 0.15) is 5.75 Å². The van der Waals surface area contributed by atoms with Crippen LogP contribution >= 0.6 is 11.3 Å². The second-order valence-electron chi connectivity index (χ2n) is 5.83. The average Bonchev–Trinajstić information content (AvgIpc) is 3.24. The molecule has 1 heterocycles. The summed E-state index contributed by atoms with van der Waals surface area (Å²) in [5, 5.41) is 6.16. The second kappa shape index (κ2) is 6.48. The van der Waals surface area contributed by atoms with E-state index in [0.29, 0.717) is 18.0 Å². The highest BCUT2D eigenvalue weighted by Gasteiger charge is 2.26. The molecule has 22 heavy (non-hydrogen) atoms. The molecule has 0 saturated heterocycles.